The Morgan fingerprint density at radius 3 is 2.28 bits per heavy atom. The van der Waals surface area contributed by atoms with Gasteiger partial charge in [-0.25, -0.2) is 0 Å². The molecule has 25 heavy (non-hydrogen) atoms. The van der Waals surface area contributed by atoms with Crippen LogP contribution in [0.25, 0.3) is 0 Å². The highest BCUT2D eigenvalue weighted by Gasteiger charge is 2.33. The molecule has 0 unspecified atom stereocenters. The van der Waals surface area contributed by atoms with Crippen LogP contribution in [0.2, 0.25) is 0 Å². The molecule has 2 aromatic rings. The van der Waals surface area contributed by atoms with Crippen LogP contribution in [0.15, 0.2) is 47.5 Å². The van der Waals surface area contributed by atoms with Crippen molar-refractivity contribution < 1.29 is 9.59 Å². The predicted molar refractivity (Wildman–Crippen MR) is 96.7 cm³/mol. The van der Waals surface area contributed by atoms with Crippen LogP contribution in [0.5, 0.6) is 0 Å². The first-order valence-corrected chi connectivity index (χ1v) is 8.35. The average Bonchev–Trinajstić information content (AvgIpc) is 2.91. The van der Waals surface area contributed by atoms with Gasteiger partial charge in [-0.15, -0.1) is 5.10 Å². The largest absolute Gasteiger partial charge is 0.289 e. The number of nitrogens with zero attached hydrogens (tertiary/aromatic N) is 3. The molecule has 0 bridgehead atoms. The van der Waals surface area contributed by atoms with Crippen LogP contribution in [0, 0.1) is 6.92 Å². The van der Waals surface area contributed by atoms with E-state index < -0.39 is 0 Å². The molecule has 0 radical (unpaired) electrons. The highest BCUT2D eigenvalue weighted by atomic mass is 16.2. The quantitative estimate of drug-likeness (QED) is 0.803. The van der Waals surface area contributed by atoms with Gasteiger partial charge in [-0.2, -0.15) is 5.10 Å². The number of anilines is 1. The van der Waals surface area contributed by atoms with Crippen LogP contribution < -0.4 is 4.90 Å². The molecule has 1 aliphatic heterocycles. The van der Waals surface area contributed by atoms with Crippen molar-refractivity contribution in [3.63, 3.8) is 0 Å². The second kappa shape index (κ2) is 6.59. The van der Waals surface area contributed by atoms with Crippen molar-refractivity contribution >= 4 is 17.5 Å². The van der Waals surface area contributed by atoms with Gasteiger partial charge in [0.2, 0.25) is 0 Å². The highest BCUT2D eigenvalue weighted by molar-refractivity contribution is 6.20. The maximum Gasteiger partial charge on any atom is 0.255 e. The molecule has 3 rings (SSSR count). The lowest BCUT2D eigenvalue weighted by Crippen LogP contribution is -2.28. The average molecular weight is 335 g/mol. The summed E-state index contributed by atoms with van der Waals surface area (Å²) < 4.78 is 0. The predicted octanol–water partition coefficient (Wildman–Crippen LogP) is 3.45. The minimum Gasteiger partial charge on any atom is -0.289 e. The van der Waals surface area contributed by atoms with E-state index in [0.717, 1.165) is 5.69 Å². The van der Waals surface area contributed by atoms with Gasteiger partial charge in [-0.05, 0) is 37.5 Å². The summed E-state index contributed by atoms with van der Waals surface area (Å²) in [6.07, 6.45) is 0. The molecule has 0 saturated heterocycles. The SMILES string of the molecule is CC1=C(C(=O)c2ccc(C(C)C)cc2)CN(c2ccc(C)nn2)C1=O. The molecular formula is C20H21N3O2. The van der Waals surface area contributed by atoms with Crippen LogP contribution >= 0.6 is 0 Å². The summed E-state index contributed by atoms with van der Waals surface area (Å²) in [6.45, 7) is 7.98. The van der Waals surface area contributed by atoms with E-state index >= 15 is 0 Å². The topological polar surface area (TPSA) is 63.2 Å². The number of rotatable bonds is 4. The van der Waals surface area contributed by atoms with Crippen LogP contribution in [0.1, 0.15) is 48.3 Å². The number of Topliss-reactive ketones (excluding diaryl/α,β-unsaturated/α-hetero) is 1. The molecule has 0 N–H and O–H groups in total. The number of carbonyl (C=O) groups excluding carboxylic acids is 2. The number of ketones is 1. The number of aryl methyl sites for hydroxylation is 1. The lowest BCUT2D eigenvalue weighted by Gasteiger charge is -2.14. The summed E-state index contributed by atoms with van der Waals surface area (Å²) in [5, 5.41) is 8.05. The first-order chi connectivity index (χ1) is 11.9. The van der Waals surface area contributed by atoms with E-state index in [2.05, 4.69) is 24.0 Å². The first kappa shape index (κ1) is 17.0. The maximum absolute atomic E-state index is 12.8. The lowest BCUT2D eigenvalue weighted by molar-refractivity contribution is -0.114. The number of benzene rings is 1. The van der Waals surface area contributed by atoms with Crippen molar-refractivity contribution in [2.75, 3.05) is 11.4 Å². The fourth-order valence-corrected chi connectivity index (χ4v) is 2.84. The van der Waals surface area contributed by atoms with Crippen molar-refractivity contribution in [2.24, 2.45) is 0 Å². The van der Waals surface area contributed by atoms with E-state index in [4.69, 9.17) is 0 Å². The molecule has 1 aliphatic rings. The number of hydrogen-bond donors (Lipinski definition) is 0. The molecule has 1 aromatic carbocycles. The Bertz CT molecular complexity index is 850. The van der Waals surface area contributed by atoms with Gasteiger partial charge in [0.1, 0.15) is 0 Å². The van der Waals surface area contributed by atoms with Gasteiger partial charge in [-0.3, -0.25) is 14.5 Å². The normalized spacial score (nSPS) is 14.6. The smallest absolute Gasteiger partial charge is 0.255 e. The summed E-state index contributed by atoms with van der Waals surface area (Å²) in [6, 6.07) is 11.1. The summed E-state index contributed by atoms with van der Waals surface area (Å²) >= 11 is 0. The molecule has 0 spiro atoms. The standard InChI is InChI=1S/C20H21N3O2/c1-12(2)15-6-8-16(9-7-15)19(24)17-11-23(20(25)14(17)4)18-10-5-13(3)21-22-18/h5-10,12H,11H2,1-4H3. The molecule has 2 heterocycles. The van der Waals surface area contributed by atoms with Crippen molar-refractivity contribution in [1.29, 1.82) is 0 Å². The van der Waals surface area contributed by atoms with Gasteiger partial charge < -0.3 is 0 Å². The van der Waals surface area contributed by atoms with Crippen LogP contribution in [-0.2, 0) is 4.79 Å². The molecule has 1 aromatic heterocycles. The highest BCUT2D eigenvalue weighted by Crippen LogP contribution is 2.26. The fraction of sp³-hybridized carbons (Fsp3) is 0.300. The van der Waals surface area contributed by atoms with E-state index in [9.17, 15) is 9.59 Å². The van der Waals surface area contributed by atoms with E-state index in [1.807, 2.05) is 31.2 Å². The maximum atomic E-state index is 12.8. The van der Waals surface area contributed by atoms with Gasteiger partial charge in [0.15, 0.2) is 11.6 Å². The molecule has 5 nitrogen and oxygen atoms in total. The van der Waals surface area contributed by atoms with Crippen LogP contribution in [-0.4, -0.2) is 28.4 Å². The van der Waals surface area contributed by atoms with E-state index in [0.29, 0.717) is 28.4 Å². The third kappa shape index (κ3) is 3.22. The second-order valence-corrected chi connectivity index (χ2v) is 6.63. The Labute approximate surface area is 147 Å². The zero-order chi connectivity index (χ0) is 18.1. The number of carbonyl (C=O) groups is 2. The zero-order valence-corrected chi connectivity index (χ0v) is 14.9. The molecule has 0 atom stereocenters. The molecule has 0 saturated carbocycles. The Morgan fingerprint density at radius 1 is 1.04 bits per heavy atom. The Kier molecular flexibility index (Phi) is 4.49. The first-order valence-electron chi connectivity index (χ1n) is 8.35. The van der Waals surface area contributed by atoms with Crippen molar-refractivity contribution in [3.05, 3.63) is 64.4 Å². The molecular weight excluding hydrogens is 314 g/mol. The van der Waals surface area contributed by atoms with Crippen molar-refractivity contribution in [2.45, 2.75) is 33.6 Å². The van der Waals surface area contributed by atoms with Crippen LogP contribution in [0.3, 0.4) is 0 Å². The summed E-state index contributed by atoms with van der Waals surface area (Å²) in [4.78, 5) is 26.9. The summed E-state index contributed by atoms with van der Waals surface area (Å²) in [7, 11) is 0. The van der Waals surface area contributed by atoms with Crippen molar-refractivity contribution in [3.8, 4) is 0 Å². The van der Waals surface area contributed by atoms with E-state index in [-0.39, 0.29) is 18.2 Å². The Balaban J connectivity index is 1.85. The minimum absolute atomic E-state index is 0.108. The molecule has 0 aliphatic carbocycles. The Hall–Kier alpha value is -2.82. The van der Waals surface area contributed by atoms with Gasteiger partial charge in [0.25, 0.3) is 5.91 Å². The number of aromatic nitrogens is 2. The zero-order valence-electron chi connectivity index (χ0n) is 14.9. The monoisotopic (exact) mass is 335 g/mol. The summed E-state index contributed by atoms with van der Waals surface area (Å²) in [5.74, 6) is 0.575. The third-order valence-corrected chi connectivity index (χ3v) is 4.51. The summed E-state index contributed by atoms with van der Waals surface area (Å²) in [5.41, 5.74) is 3.55. The van der Waals surface area contributed by atoms with Gasteiger partial charge in [0.05, 0.1) is 12.2 Å². The van der Waals surface area contributed by atoms with Gasteiger partial charge >= 0.3 is 0 Å². The van der Waals surface area contributed by atoms with Gasteiger partial charge in [0, 0.05) is 16.7 Å². The third-order valence-electron chi connectivity index (χ3n) is 4.51. The minimum atomic E-state index is -0.194. The van der Waals surface area contributed by atoms with E-state index in [1.54, 1.807) is 19.1 Å². The number of hydrogen-bond acceptors (Lipinski definition) is 4. The number of amides is 1. The van der Waals surface area contributed by atoms with E-state index in [1.165, 1.54) is 10.5 Å². The van der Waals surface area contributed by atoms with Crippen LogP contribution in [0.4, 0.5) is 5.82 Å². The van der Waals surface area contributed by atoms with Gasteiger partial charge in [-0.1, -0.05) is 38.1 Å². The molecule has 1 amide bonds. The lowest BCUT2D eigenvalue weighted by atomic mass is 9.97. The Morgan fingerprint density at radius 2 is 1.72 bits per heavy atom. The second-order valence-electron chi connectivity index (χ2n) is 6.63. The van der Waals surface area contributed by atoms with Crippen molar-refractivity contribution in [1.82, 2.24) is 10.2 Å². The molecule has 0 fully saturated rings. The molecule has 5 heteroatoms. The fourth-order valence-electron chi connectivity index (χ4n) is 2.84. The molecule has 128 valence electrons.